The van der Waals surface area contributed by atoms with Crippen molar-refractivity contribution in [3.05, 3.63) is 57.5 Å². The van der Waals surface area contributed by atoms with Gasteiger partial charge in [0.2, 0.25) is 0 Å². The highest BCUT2D eigenvalue weighted by Crippen LogP contribution is 2.22. The molecular weight excluding hydrogens is 538 g/mol. The van der Waals surface area contributed by atoms with Crippen molar-refractivity contribution >= 4 is 51.1 Å². The van der Waals surface area contributed by atoms with E-state index in [4.69, 9.17) is 0 Å². The summed E-state index contributed by atoms with van der Waals surface area (Å²) in [6.07, 6.45) is 1.17. The van der Waals surface area contributed by atoms with Crippen LogP contribution in [0.15, 0.2) is 40.7 Å². The normalized spacial score (nSPS) is 13.1. The van der Waals surface area contributed by atoms with Crippen LogP contribution in [0.3, 0.4) is 0 Å². The summed E-state index contributed by atoms with van der Waals surface area (Å²) in [5.41, 5.74) is 1.13. The number of nitrogens with one attached hydrogen (secondary N) is 2. The number of hydrogen-bond acceptors (Lipinski definition) is 5. The largest absolute Gasteiger partial charge is 0.357 e. The standard InChI is InChI=1S/C20H29FN4O2S2.HI/c1-5-22-20(24-13-18(25(2)3)19-7-6-10-28-19)23-12-16-11-17(21)9-8-15(16)14-29(4,26)27;/h6-11,18H,5,12-14H2,1-4H3,(H2,22,23,24);1H. The van der Waals surface area contributed by atoms with Gasteiger partial charge in [-0.3, -0.25) is 0 Å². The summed E-state index contributed by atoms with van der Waals surface area (Å²) in [7, 11) is 0.832. The van der Waals surface area contributed by atoms with E-state index >= 15 is 0 Å². The maximum Gasteiger partial charge on any atom is 0.191 e. The average Bonchev–Trinajstić information content (AvgIpc) is 3.14. The van der Waals surface area contributed by atoms with Gasteiger partial charge in [-0.25, -0.2) is 17.8 Å². The van der Waals surface area contributed by atoms with Crippen LogP contribution in [-0.2, 0) is 22.1 Å². The molecule has 0 aliphatic carbocycles. The van der Waals surface area contributed by atoms with Crippen LogP contribution in [0, 0.1) is 5.82 Å². The molecule has 0 aliphatic heterocycles. The van der Waals surface area contributed by atoms with Crippen LogP contribution >= 0.6 is 35.3 Å². The predicted molar refractivity (Wildman–Crippen MR) is 134 cm³/mol. The lowest BCUT2D eigenvalue weighted by Gasteiger charge is -2.24. The van der Waals surface area contributed by atoms with Gasteiger partial charge in [-0.1, -0.05) is 12.1 Å². The molecule has 0 saturated heterocycles. The van der Waals surface area contributed by atoms with Crippen molar-refractivity contribution in [3.8, 4) is 0 Å². The van der Waals surface area contributed by atoms with Crippen LogP contribution in [0.4, 0.5) is 4.39 Å². The summed E-state index contributed by atoms with van der Waals surface area (Å²) in [5.74, 6) is 0.0599. The van der Waals surface area contributed by atoms with Gasteiger partial charge in [0.05, 0.1) is 18.3 Å². The molecule has 6 nitrogen and oxygen atoms in total. The van der Waals surface area contributed by atoms with E-state index in [1.165, 1.54) is 29.3 Å². The molecule has 10 heteroatoms. The summed E-state index contributed by atoms with van der Waals surface area (Å²) in [4.78, 5) is 7.93. The third kappa shape index (κ3) is 8.86. The number of rotatable bonds is 9. The smallest absolute Gasteiger partial charge is 0.191 e. The second kappa shape index (κ2) is 12.6. The first-order valence-corrected chi connectivity index (χ1v) is 12.3. The summed E-state index contributed by atoms with van der Waals surface area (Å²) in [6.45, 7) is 3.48. The number of hydrogen-bond donors (Lipinski definition) is 2. The fraction of sp³-hybridized carbons (Fsp3) is 0.450. The van der Waals surface area contributed by atoms with E-state index in [1.54, 1.807) is 11.3 Å². The molecule has 2 N–H and O–H groups in total. The number of nitrogens with zero attached hydrogens (tertiary/aromatic N) is 2. The summed E-state index contributed by atoms with van der Waals surface area (Å²) >= 11 is 1.70. The zero-order valence-corrected chi connectivity index (χ0v) is 21.6. The van der Waals surface area contributed by atoms with Crippen LogP contribution in [0.25, 0.3) is 0 Å². The minimum absolute atomic E-state index is 0. The van der Waals surface area contributed by atoms with Crippen molar-refractivity contribution in [3.63, 3.8) is 0 Å². The number of likely N-dealkylation sites (N-methyl/N-ethyl adjacent to an activating group) is 1. The van der Waals surface area contributed by atoms with Gasteiger partial charge in [0, 0.05) is 24.2 Å². The Labute approximate surface area is 199 Å². The summed E-state index contributed by atoms with van der Waals surface area (Å²) in [6, 6.07) is 8.46. The Morgan fingerprint density at radius 2 is 1.97 bits per heavy atom. The Balaban J connectivity index is 0.00000450. The lowest BCUT2D eigenvalue weighted by atomic mass is 10.1. The van der Waals surface area contributed by atoms with Gasteiger partial charge in [-0.2, -0.15) is 0 Å². The van der Waals surface area contributed by atoms with Gasteiger partial charge in [0.1, 0.15) is 5.82 Å². The van der Waals surface area contributed by atoms with Gasteiger partial charge in [0.25, 0.3) is 0 Å². The van der Waals surface area contributed by atoms with Crippen molar-refractivity contribution in [2.45, 2.75) is 25.3 Å². The number of sulfone groups is 1. The van der Waals surface area contributed by atoms with E-state index in [2.05, 4.69) is 32.0 Å². The van der Waals surface area contributed by atoms with Gasteiger partial charge in [-0.05, 0) is 55.7 Å². The van der Waals surface area contributed by atoms with Crippen LogP contribution < -0.4 is 10.6 Å². The van der Waals surface area contributed by atoms with Crippen molar-refractivity contribution in [2.24, 2.45) is 4.99 Å². The Bertz CT molecular complexity index is 919. The number of benzene rings is 1. The maximum atomic E-state index is 13.7. The molecule has 0 aliphatic rings. The fourth-order valence-corrected chi connectivity index (χ4v) is 4.65. The van der Waals surface area contributed by atoms with Gasteiger partial charge >= 0.3 is 0 Å². The van der Waals surface area contributed by atoms with Crippen molar-refractivity contribution in [1.29, 1.82) is 0 Å². The highest BCUT2D eigenvalue weighted by molar-refractivity contribution is 14.0. The lowest BCUT2D eigenvalue weighted by molar-refractivity contribution is 0.302. The monoisotopic (exact) mass is 568 g/mol. The van der Waals surface area contributed by atoms with Crippen molar-refractivity contribution in [2.75, 3.05) is 33.4 Å². The maximum absolute atomic E-state index is 13.7. The molecule has 0 spiro atoms. The van der Waals surface area contributed by atoms with Crippen LogP contribution in [0.2, 0.25) is 0 Å². The van der Waals surface area contributed by atoms with E-state index in [0.29, 0.717) is 30.2 Å². The Morgan fingerprint density at radius 3 is 2.53 bits per heavy atom. The quantitative estimate of drug-likeness (QED) is 0.276. The van der Waals surface area contributed by atoms with E-state index in [0.717, 1.165) is 0 Å². The zero-order valence-electron chi connectivity index (χ0n) is 17.7. The Hall–Kier alpha value is -1.24. The molecule has 1 heterocycles. The second-order valence-electron chi connectivity index (χ2n) is 7.05. The Kier molecular flexibility index (Phi) is 11.2. The highest BCUT2D eigenvalue weighted by Gasteiger charge is 2.16. The van der Waals surface area contributed by atoms with Crippen LogP contribution in [-0.4, -0.2) is 52.7 Å². The third-order valence-corrected chi connectivity index (χ3v) is 6.10. The summed E-state index contributed by atoms with van der Waals surface area (Å²) < 4.78 is 37.1. The summed E-state index contributed by atoms with van der Waals surface area (Å²) in [5, 5.41) is 8.58. The van der Waals surface area contributed by atoms with E-state index in [9.17, 15) is 12.8 Å². The SMILES string of the molecule is CCNC(=NCc1cc(F)ccc1CS(C)(=O)=O)NCC(c1cccs1)N(C)C.I. The van der Waals surface area contributed by atoms with Crippen molar-refractivity contribution < 1.29 is 12.8 Å². The minimum Gasteiger partial charge on any atom is -0.357 e. The Morgan fingerprint density at radius 1 is 1.23 bits per heavy atom. The molecule has 1 aromatic carbocycles. The first kappa shape index (κ1) is 26.8. The lowest BCUT2D eigenvalue weighted by Crippen LogP contribution is -2.41. The molecule has 1 atom stereocenters. The zero-order chi connectivity index (χ0) is 21.4. The highest BCUT2D eigenvalue weighted by atomic mass is 127. The second-order valence-corrected chi connectivity index (χ2v) is 10.2. The minimum atomic E-state index is -3.22. The third-order valence-electron chi connectivity index (χ3n) is 4.30. The van der Waals surface area contributed by atoms with Crippen LogP contribution in [0.1, 0.15) is 29.0 Å². The molecule has 0 fully saturated rings. The van der Waals surface area contributed by atoms with E-state index < -0.39 is 15.7 Å². The van der Waals surface area contributed by atoms with Gasteiger partial charge in [-0.15, -0.1) is 35.3 Å². The number of thiophene rings is 1. The molecule has 2 aromatic rings. The molecule has 1 aromatic heterocycles. The van der Waals surface area contributed by atoms with Gasteiger partial charge < -0.3 is 15.5 Å². The van der Waals surface area contributed by atoms with Crippen LogP contribution in [0.5, 0.6) is 0 Å². The molecule has 0 radical (unpaired) electrons. The first-order valence-electron chi connectivity index (χ1n) is 9.36. The van der Waals surface area contributed by atoms with E-state index in [1.807, 2.05) is 27.1 Å². The topological polar surface area (TPSA) is 73.8 Å². The number of aliphatic imine (C=N–C) groups is 1. The molecule has 0 bridgehead atoms. The molecular formula is C20H30FIN4O2S2. The molecule has 0 amide bonds. The number of guanidine groups is 1. The van der Waals surface area contributed by atoms with E-state index in [-0.39, 0.29) is 42.3 Å². The molecule has 2 rings (SSSR count). The molecule has 168 valence electrons. The predicted octanol–water partition coefficient (Wildman–Crippen LogP) is 3.41. The molecule has 0 saturated carbocycles. The average molecular weight is 569 g/mol. The van der Waals surface area contributed by atoms with Gasteiger partial charge in [0.15, 0.2) is 15.8 Å². The fourth-order valence-electron chi connectivity index (χ4n) is 2.88. The van der Waals surface area contributed by atoms with Crippen molar-refractivity contribution in [1.82, 2.24) is 15.5 Å². The first-order chi connectivity index (χ1) is 13.7. The molecule has 30 heavy (non-hydrogen) atoms. The molecule has 1 unspecified atom stereocenters. The number of halogens is 2.